The maximum atomic E-state index is 6.92. The van der Waals surface area contributed by atoms with Gasteiger partial charge in [0, 0.05) is 11.5 Å². The van der Waals surface area contributed by atoms with Crippen LogP contribution in [-0.2, 0) is 4.74 Å². The number of ether oxygens (including phenoxy) is 1. The summed E-state index contributed by atoms with van der Waals surface area (Å²) in [6.45, 7) is 13.6. The Morgan fingerprint density at radius 1 is 1.00 bits per heavy atom. The predicted molar refractivity (Wildman–Crippen MR) is 76.4 cm³/mol. The fraction of sp³-hybridized carbons (Fsp3) is 1.00. The van der Waals surface area contributed by atoms with E-state index in [-0.39, 0.29) is 16.7 Å². The molecule has 0 aromatic rings. The molecule has 106 valence electrons. The molecule has 2 rings (SSSR count). The summed E-state index contributed by atoms with van der Waals surface area (Å²) in [7, 11) is 0. The lowest BCUT2D eigenvalue weighted by Gasteiger charge is -2.49. The van der Waals surface area contributed by atoms with E-state index < -0.39 is 0 Å². The smallest absolute Gasteiger partial charge is 0.0680 e. The summed E-state index contributed by atoms with van der Waals surface area (Å²) in [4.78, 5) is 0. The van der Waals surface area contributed by atoms with E-state index in [0.29, 0.717) is 11.8 Å². The molecule has 2 N–H and O–H groups in total. The van der Waals surface area contributed by atoms with Crippen LogP contribution >= 0.6 is 0 Å². The van der Waals surface area contributed by atoms with Crippen molar-refractivity contribution < 1.29 is 4.74 Å². The van der Waals surface area contributed by atoms with E-state index in [2.05, 4.69) is 41.5 Å². The molecule has 2 fully saturated rings. The van der Waals surface area contributed by atoms with Crippen LogP contribution in [0.4, 0.5) is 0 Å². The quantitative estimate of drug-likeness (QED) is 0.772. The first-order valence-electron chi connectivity index (χ1n) is 7.56. The third-order valence-corrected chi connectivity index (χ3v) is 5.43. The van der Waals surface area contributed by atoms with Crippen molar-refractivity contribution in [1.29, 1.82) is 0 Å². The van der Waals surface area contributed by atoms with E-state index >= 15 is 0 Å². The second-order valence-corrected chi connectivity index (χ2v) is 8.12. The predicted octanol–water partition coefficient (Wildman–Crippen LogP) is 3.73. The molecule has 18 heavy (non-hydrogen) atoms. The highest BCUT2D eigenvalue weighted by atomic mass is 16.5. The molecule has 1 heterocycles. The van der Waals surface area contributed by atoms with E-state index in [4.69, 9.17) is 10.5 Å². The molecule has 1 saturated heterocycles. The van der Waals surface area contributed by atoms with Crippen molar-refractivity contribution in [1.82, 2.24) is 0 Å². The fourth-order valence-electron chi connectivity index (χ4n) is 4.60. The first-order valence-corrected chi connectivity index (χ1v) is 7.56. The van der Waals surface area contributed by atoms with E-state index in [9.17, 15) is 0 Å². The van der Waals surface area contributed by atoms with E-state index in [1.807, 2.05) is 0 Å². The van der Waals surface area contributed by atoms with Crippen molar-refractivity contribution in [2.24, 2.45) is 23.5 Å². The molecule has 1 aliphatic heterocycles. The van der Waals surface area contributed by atoms with Gasteiger partial charge >= 0.3 is 0 Å². The number of hydrogen-bond acceptors (Lipinski definition) is 2. The van der Waals surface area contributed by atoms with Crippen LogP contribution in [0, 0.1) is 17.8 Å². The molecule has 0 bridgehead atoms. The van der Waals surface area contributed by atoms with Gasteiger partial charge in [-0.25, -0.2) is 0 Å². The molecule has 1 saturated carbocycles. The zero-order valence-corrected chi connectivity index (χ0v) is 13.0. The minimum absolute atomic E-state index is 0.0268. The first-order chi connectivity index (χ1) is 8.07. The van der Waals surface area contributed by atoms with Crippen molar-refractivity contribution in [2.45, 2.75) is 84.0 Å². The number of hydrogen-bond donors (Lipinski definition) is 1. The monoisotopic (exact) mass is 253 g/mol. The minimum atomic E-state index is -0.0937. The van der Waals surface area contributed by atoms with Crippen LogP contribution in [0.3, 0.4) is 0 Å². The lowest BCUT2D eigenvalue weighted by Crippen LogP contribution is -2.59. The molecular weight excluding hydrogens is 222 g/mol. The van der Waals surface area contributed by atoms with Gasteiger partial charge in [-0.15, -0.1) is 0 Å². The normalized spacial score (nSPS) is 47.2. The summed E-state index contributed by atoms with van der Waals surface area (Å²) < 4.78 is 6.27. The molecule has 0 spiro atoms. The van der Waals surface area contributed by atoms with E-state index in [1.54, 1.807) is 0 Å². The van der Waals surface area contributed by atoms with Crippen LogP contribution in [0.15, 0.2) is 0 Å². The Bertz CT molecular complexity index is 323. The molecule has 4 unspecified atom stereocenters. The maximum absolute atomic E-state index is 6.92. The maximum Gasteiger partial charge on any atom is 0.0680 e. The largest absolute Gasteiger partial charge is 0.369 e. The summed E-state index contributed by atoms with van der Waals surface area (Å²) in [5, 5.41) is 0. The number of rotatable bonds is 1. The van der Waals surface area contributed by atoms with Gasteiger partial charge in [-0.2, -0.15) is 0 Å². The van der Waals surface area contributed by atoms with Crippen molar-refractivity contribution in [3.05, 3.63) is 0 Å². The molecule has 0 aromatic heterocycles. The van der Waals surface area contributed by atoms with Crippen LogP contribution in [-0.4, -0.2) is 16.7 Å². The van der Waals surface area contributed by atoms with Crippen molar-refractivity contribution in [2.75, 3.05) is 0 Å². The zero-order valence-electron chi connectivity index (χ0n) is 13.0. The molecule has 2 aliphatic rings. The molecular formula is C16H31NO. The summed E-state index contributed by atoms with van der Waals surface area (Å²) in [5.74, 6) is 1.83. The van der Waals surface area contributed by atoms with Gasteiger partial charge in [0.15, 0.2) is 0 Å². The second-order valence-electron chi connectivity index (χ2n) is 8.12. The Balaban J connectivity index is 2.28. The lowest BCUT2D eigenvalue weighted by molar-refractivity contribution is -0.0891. The third-order valence-electron chi connectivity index (χ3n) is 5.43. The van der Waals surface area contributed by atoms with Gasteiger partial charge in [0.25, 0.3) is 0 Å². The summed E-state index contributed by atoms with van der Waals surface area (Å²) in [5.41, 5.74) is 6.75. The molecule has 4 atom stereocenters. The Labute approximate surface area is 113 Å². The van der Waals surface area contributed by atoms with Gasteiger partial charge in [0.1, 0.15) is 0 Å². The van der Waals surface area contributed by atoms with Gasteiger partial charge in [-0.1, -0.05) is 20.3 Å². The Hall–Kier alpha value is -0.0800. The average Bonchev–Trinajstić information content (AvgIpc) is 2.41. The standard InChI is InChI=1S/C16H31NO/c1-11-7-8-12(2)16(17,9-11)13-10-14(3,4)18-15(13,5)6/h11-13H,7-10,17H2,1-6H3. The molecule has 0 radical (unpaired) electrons. The average molecular weight is 253 g/mol. The molecule has 1 aliphatic carbocycles. The third kappa shape index (κ3) is 2.34. The van der Waals surface area contributed by atoms with Crippen molar-refractivity contribution in [3.63, 3.8) is 0 Å². The van der Waals surface area contributed by atoms with Crippen molar-refractivity contribution >= 4 is 0 Å². The molecule has 2 nitrogen and oxygen atoms in total. The van der Waals surface area contributed by atoms with Crippen molar-refractivity contribution in [3.8, 4) is 0 Å². The fourth-order valence-corrected chi connectivity index (χ4v) is 4.60. The van der Waals surface area contributed by atoms with Crippen LogP contribution in [0.5, 0.6) is 0 Å². The van der Waals surface area contributed by atoms with Gasteiger partial charge in [0.2, 0.25) is 0 Å². The first kappa shape index (κ1) is 14.3. The molecule has 2 heteroatoms. The van der Waals surface area contributed by atoms with E-state index in [0.717, 1.165) is 18.8 Å². The van der Waals surface area contributed by atoms with Gasteiger partial charge in [-0.05, 0) is 58.8 Å². The van der Waals surface area contributed by atoms with Crippen LogP contribution in [0.25, 0.3) is 0 Å². The topological polar surface area (TPSA) is 35.2 Å². The van der Waals surface area contributed by atoms with Crippen LogP contribution < -0.4 is 5.73 Å². The zero-order chi connectivity index (χ0) is 13.8. The Morgan fingerprint density at radius 3 is 2.11 bits per heavy atom. The highest BCUT2D eigenvalue weighted by Gasteiger charge is 2.56. The summed E-state index contributed by atoms with van der Waals surface area (Å²) in [6.07, 6.45) is 4.84. The Kier molecular flexibility index (Phi) is 3.35. The van der Waals surface area contributed by atoms with Gasteiger partial charge in [-0.3, -0.25) is 0 Å². The van der Waals surface area contributed by atoms with Crippen LogP contribution in [0.1, 0.15) is 67.2 Å². The lowest BCUT2D eigenvalue weighted by atomic mass is 9.60. The molecule has 0 amide bonds. The Morgan fingerprint density at radius 2 is 1.61 bits per heavy atom. The van der Waals surface area contributed by atoms with Gasteiger partial charge in [0.05, 0.1) is 11.2 Å². The SMILES string of the molecule is CC1CCC(C)C(N)(C2CC(C)(C)OC2(C)C)C1. The van der Waals surface area contributed by atoms with Crippen LogP contribution in [0.2, 0.25) is 0 Å². The summed E-state index contributed by atoms with van der Waals surface area (Å²) >= 11 is 0. The summed E-state index contributed by atoms with van der Waals surface area (Å²) in [6, 6.07) is 0. The minimum Gasteiger partial charge on any atom is -0.369 e. The van der Waals surface area contributed by atoms with E-state index in [1.165, 1.54) is 12.8 Å². The molecule has 0 aromatic carbocycles. The highest BCUT2D eigenvalue weighted by Crippen LogP contribution is 2.52. The van der Waals surface area contributed by atoms with Gasteiger partial charge < -0.3 is 10.5 Å². The number of nitrogens with two attached hydrogens (primary N) is 1. The second kappa shape index (κ2) is 4.21. The highest BCUT2D eigenvalue weighted by molar-refractivity contribution is 5.09.